The summed E-state index contributed by atoms with van der Waals surface area (Å²) in [5, 5.41) is 7.57. The van der Waals surface area contributed by atoms with E-state index in [0.29, 0.717) is 5.69 Å². The predicted octanol–water partition coefficient (Wildman–Crippen LogP) is 3.97. The summed E-state index contributed by atoms with van der Waals surface area (Å²) in [7, 11) is 0. The summed E-state index contributed by atoms with van der Waals surface area (Å²) in [4.78, 5) is 12.5. The molecule has 1 N–H and O–H groups in total. The molecule has 25 heavy (non-hydrogen) atoms. The first kappa shape index (κ1) is 15.6. The highest BCUT2D eigenvalue weighted by Crippen LogP contribution is 2.37. The van der Waals surface area contributed by atoms with E-state index in [1.165, 1.54) is 12.1 Å². The van der Waals surface area contributed by atoms with Crippen molar-refractivity contribution in [2.75, 3.05) is 0 Å². The van der Waals surface area contributed by atoms with Crippen molar-refractivity contribution >= 4 is 5.91 Å². The van der Waals surface area contributed by atoms with Gasteiger partial charge < -0.3 is 5.32 Å². The number of carbonyl (C=O) groups is 1. The lowest BCUT2D eigenvalue weighted by molar-refractivity contribution is 0.0955. The van der Waals surface area contributed by atoms with Crippen LogP contribution in [0, 0.1) is 5.82 Å². The van der Waals surface area contributed by atoms with Gasteiger partial charge in [-0.25, -0.2) is 9.07 Å². The molecule has 2 aromatic carbocycles. The lowest BCUT2D eigenvalue weighted by Crippen LogP contribution is -2.22. The molecule has 0 fully saturated rings. The molecule has 0 bridgehead atoms. The Morgan fingerprint density at radius 1 is 1.08 bits per heavy atom. The molecule has 1 aliphatic heterocycles. The molecule has 0 aliphatic carbocycles. The van der Waals surface area contributed by atoms with Crippen molar-refractivity contribution in [1.82, 2.24) is 15.1 Å². The van der Waals surface area contributed by atoms with Gasteiger partial charge in [-0.15, -0.1) is 0 Å². The Labute approximate surface area is 145 Å². The third-order valence-electron chi connectivity index (χ3n) is 4.49. The van der Waals surface area contributed by atoms with Crippen LogP contribution < -0.4 is 5.32 Å². The molecule has 3 aromatic rings. The maximum atomic E-state index is 13.3. The van der Waals surface area contributed by atoms with E-state index in [-0.39, 0.29) is 23.7 Å². The first-order valence-electron chi connectivity index (χ1n) is 8.31. The van der Waals surface area contributed by atoms with Crippen molar-refractivity contribution < 1.29 is 9.18 Å². The zero-order valence-electron chi connectivity index (χ0n) is 14.0. The summed E-state index contributed by atoms with van der Waals surface area (Å²) in [5.41, 5.74) is 4.10. The van der Waals surface area contributed by atoms with Crippen molar-refractivity contribution in [2.45, 2.75) is 25.8 Å². The van der Waals surface area contributed by atoms with Gasteiger partial charge in [-0.3, -0.25) is 4.79 Å². The normalized spacial score (nSPS) is 16.2. The largest absolute Gasteiger partial charge is 0.340 e. The molecule has 0 saturated carbocycles. The van der Waals surface area contributed by atoms with Gasteiger partial charge in [0.25, 0.3) is 5.91 Å². The zero-order valence-corrected chi connectivity index (χ0v) is 14.0. The Morgan fingerprint density at radius 3 is 2.40 bits per heavy atom. The molecule has 0 radical (unpaired) electrons. The number of amides is 1. The Morgan fingerprint density at radius 2 is 1.76 bits per heavy atom. The second-order valence-electron chi connectivity index (χ2n) is 6.51. The summed E-state index contributed by atoms with van der Waals surface area (Å²) in [5.74, 6) is -0.318. The van der Waals surface area contributed by atoms with Gasteiger partial charge in [-0.1, -0.05) is 44.2 Å². The summed E-state index contributed by atoms with van der Waals surface area (Å²) < 4.78 is 15.0. The van der Waals surface area contributed by atoms with Crippen molar-refractivity contribution in [3.8, 4) is 5.69 Å². The number of nitrogens with zero attached hydrogens (tertiary/aromatic N) is 2. The number of carbonyl (C=O) groups excluding carboxylic acids is 1. The molecule has 0 saturated heterocycles. The number of hydrogen-bond donors (Lipinski definition) is 1. The van der Waals surface area contributed by atoms with Crippen LogP contribution in [0.5, 0.6) is 0 Å². The number of fused-ring (bicyclic) bond motifs is 1. The fourth-order valence-corrected chi connectivity index (χ4v) is 3.40. The molecular formula is C20H18FN3O. The van der Waals surface area contributed by atoms with Gasteiger partial charge in [-0.05, 0) is 35.7 Å². The lowest BCUT2D eigenvalue weighted by Gasteiger charge is -2.18. The molecule has 2 heterocycles. The van der Waals surface area contributed by atoms with E-state index in [9.17, 15) is 9.18 Å². The van der Waals surface area contributed by atoms with Crippen molar-refractivity contribution in [2.24, 2.45) is 0 Å². The summed E-state index contributed by atoms with van der Waals surface area (Å²) in [6.07, 6.45) is 0. The highest BCUT2D eigenvalue weighted by molar-refractivity contribution is 5.98. The summed E-state index contributed by atoms with van der Waals surface area (Å²) in [6.45, 7) is 4.14. The molecule has 5 heteroatoms. The van der Waals surface area contributed by atoms with E-state index in [0.717, 1.165) is 22.5 Å². The molecule has 1 unspecified atom stereocenters. The van der Waals surface area contributed by atoms with Crippen LogP contribution in [0.4, 0.5) is 4.39 Å². The first-order valence-corrected chi connectivity index (χ1v) is 8.31. The van der Waals surface area contributed by atoms with E-state index in [2.05, 4.69) is 24.3 Å². The minimum Gasteiger partial charge on any atom is -0.340 e. The topological polar surface area (TPSA) is 46.9 Å². The number of nitrogens with one attached hydrogen (secondary N) is 1. The lowest BCUT2D eigenvalue weighted by atomic mass is 9.95. The van der Waals surface area contributed by atoms with Gasteiger partial charge in [0.1, 0.15) is 5.82 Å². The van der Waals surface area contributed by atoms with Crippen LogP contribution in [0.2, 0.25) is 0 Å². The summed E-state index contributed by atoms with van der Waals surface area (Å²) >= 11 is 0. The van der Waals surface area contributed by atoms with Crippen LogP contribution in [-0.2, 0) is 0 Å². The number of benzene rings is 2. The Balaban J connectivity index is 1.92. The van der Waals surface area contributed by atoms with E-state index in [4.69, 9.17) is 0 Å². The van der Waals surface area contributed by atoms with Gasteiger partial charge in [0.15, 0.2) is 5.69 Å². The van der Waals surface area contributed by atoms with Crippen LogP contribution >= 0.6 is 0 Å². The quantitative estimate of drug-likeness (QED) is 0.787. The minimum absolute atomic E-state index is 0.153. The molecule has 0 spiro atoms. The average molecular weight is 335 g/mol. The van der Waals surface area contributed by atoms with Crippen molar-refractivity contribution in [1.29, 1.82) is 0 Å². The first-order chi connectivity index (χ1) is 12.1. The van der Waals surface area contributed by atoms with Crippen molar-refractivity contribution in [3.63, 3.8) is 0 Å². The predicted molar refractivity (Wildman–Crippen MR) is 93.4 cm³/mol. The van der Waals surface area contributed by atoms with Gasteiger partial charge >= 0.3 is 0 Å². The van der Waals surface area contributed by atoms with Gasteiger partial charge in [0.05, 0.1) is 17.4 Å². The maximum absolute atomic E-state index is 13.3. The molecular weight excluding hydrogens is 317 g/mol. The van der Waals surface area contributed by atoms with Crippen molar-refractivity contribution in [3.05, 3.63) is 82.9 Å². The van der Waals surface area contributed by atoms with Crippen LogP contribution in [0.1, 0.15) is 53.1 Å². The molecule has 1 atom stereocenters. The van der Waals surface area contributed by atoms with E-state index < -0.39 is 0 Å². The smallest absolute Gasteiger partial charge is 0.272 e. The molecule has 1 amide bonds. The second-order valence-corrected chi connectivity index (χ2v) is 6.51. The number of aromatic nitrogens is 2. The van der Waals surface area contributed by atoms with E-state index >= 15 is 0 Å². The number of halogens is 1. The summed E-state index contributed by atoms with van der Waals surface area (Å²) in [6, 6.07) is 15.8. The maximum Gasteiger partial charge on any atom is 0.272 e. The Kier molecular flexibility index (Phi) is 3.64. The highest BCUT2D eigenvalue weighted by Gasteiger charge is 2.37. The fraction of sp³-hybridized carbons (Fsp3) is 0.200. The molecule has 4 rings (SSSR count). The second kappa shape index (κ2) is 5.84. The zero-order chi connectivity index (χ0) is 17.6. The molecule has 126 valence electrons. The monoisotopic (exact) mass is 335 g/mol. The average Bonchev–Trinajstić information content (AvgIpc) is 3.14. The standard InChI is InChI=1S/C20H18FN3O/c1-12(2)19-16-17(13-6-4-3-5-7-13)22-20(25)18(16)23-24(19)15-10-8-14(21)9-11-15/h3-12,17H,1-2H3,(H,22,25). The Hall–Kier alpha value is -2.95. The van der Waals surface area contributed by atoms with E-state index in [1.807, 2.05) is 30.3 Å². The van der Waals surface area contributed by atoms with Gasteiger partial charge in [0, 0.05) is 5.56 Å². The van der Waals surface area contributed by atoms with Crippen LogP contribution in [0.15, 0.2) is 54.6 Å². The Bertz CT molecular complexity index is 930. The third kappa shape index (κ3) is 2.52. The van der Waals surface area contributed by atoms with Gasteiger partial charge in [-0.2, -0.15) is 5.10 Å². The number of rotatable bonds is 3. The van der Waals surface area contributed by atoms with Crippen LogP contribution in [0.25, 0.3) is 5.69 Å². The fourth-order valence-electron chi connectivity index (χ4n) is 3.40. The van der Waals surface area contributed by atoms with Crippen LogP contribution in [-0.4, -0.2) is 15.7 Å². The van der Waals surface area contributed by atoms with Crippen LogP contribution in [0.3, 0.4) is 0 Å². The molecule has 1 aliphatic rings. The number of hydrogen-bond acceptors (Lipinski definition) is 2. The van der Waals surface area contributed by atoms with E-state index in [1.54, 1.807) is 16.8 Å². The highest BCUT2D eigenvalue weighted by atomic mass is 19.1. The SMILES string of the molecule is CC(C)c1c2c(nn1-c1ccc(F)cc1)C(=O)NC2c1ccccc1. The van der Waals surface area contributed by atoms with Gasteiger partial charge in [0.2, 0.25) is 0 Å². The molecule has 4 nitrogen and oxygen atoms in total. The third-order valence-corrected chi connectivity index (χ3v) is 4.49. The molecule has 1 aromatic heterocycles. The minimum atomic E-state index is -0.297.